The quantitative estimate of drug-likeness (QED) is 0.875. The number of amides is 1. The predicted molar refractivity (Wildman–Crippen MR) is 82.7 cm³/mol. The fourth-order valence-electron chi connectivity index (χ4n) is 3.00. The van der Waals surface area contributed by atoms with Crippen LogP contribution >= 0.6 is 11.3 Å². The number of carbonyl (C=O) groups excluding carboxylic acids is 1. The average Bonchev–Trinajstić information content (AvgIpc) is 3.03. The van der Waals surface area contributed by atoms with E-state index in [0.29, 0.717) is 11.6 Å². The van der Waals surface area contributed by atoms with Crippen molar-refractivity contribution in [3.63, 3.8) is 0 Å². The molecule has 0 saturated carbocycles. The Balaban J connectivity index is 1.75. The highest BCUT2D eigenvalue weighted by Gasteiger charge is 2.27. The Morgan fingerprint density at radius 3 is 3.10 bits per heavy atom. The summed E-state index contributed by atoms with van der Waals surface area (Å²) >= 11 is 1.80. The van der Waals surface area contributed by atoms with Crippen LogP contribution in [0.5, 0.6) is 0 Å². The third-order valence-corrected chi connectivity index (χ3v) is 5.10. The van der Waals surface area contributed by atoms with Crippen LogP contribution in [0.4, 0.5) is 0 Å². The van der Waals surface area contributed by atoms with Crippen LogP contribution < -0.4 is 0 Å². The molecule has 0 aliphatic heterocycles. The van der Waals surface area contributed by atoms with Crippen molar-refractivity contribution in [1.82, 2.24) is 19.7 Å². The van der Waals surface area contributed by atoms with Crippen molar-refractivity contribution in [3.05, 3.63) is 33.5 Å². The van der Waals surface area contributed by atoms with Crippen LogP contribution in [-0.4, -0.2) is 39.2 Å². The zero-order valence-electron chi connectivity index (χ0n) is 12.7. The number of likely N-dealkylation sites (N-methyl/N-ethyl adjacent to an activating group) is 1. The number of nitrogens with zero attached hydrogens (tertiary/aromatic N) is 4. The minimum atomic E-state index is 0.0223. The Kier molecular flexibility index (Phi) is 3.80. The lowest BCUT2D eigenvalue weighted by molar-refractivity contribution is 0.0772. The number of aromatic nitrogens is 3. The van der Waals surface area contributed by atoms with Crippen LogP contribution in [0.1, 0.15) is 44.8 Å². The summed E-state index contributed by atoms with van der Waals surface area (Å²) in [6.07, 6.45) is 5.09. The lowest BCUT2D eigenvalue weighted by Crippen LogP contribution is -2.33. The second-order valence-electron chi connectivity index (χ2n) is 5.66. The van der Waals surface area contributed by atoms with Crippen LogP contribution in [0, 0.1) is 6.92 Å². The molecule has 2 aromatic heterocycles. The SMILES string of the molecule is Cc1nc2c(s1)CCCC2CN(C)C(=O)c1ccnn1C. The fraction of sp³-hybridized carbons (Fsp3) is 0.533. The number of aryl methyl sites for hydroxylation is 3. The van der Waals surface area contributed by atoms with Crippen molar-refractivity contribution >= 4 is 17.2 Å². The summed E-state index contributed by atoms with van der Waals surface area (Å²) in [5.74, 6) is 0.384. The van der Waals surface area contributed by atoms with E-state index in [-0.39, 0.29) is 5.91 Å². The number of carbonyl (C=O) groups is 1. The molecule has 1 atom stereocenters. The van der Waals surface area contributed by atoms with E-state index in [4.69, 9.17) is 0 Å². The number of fused-ring (bicyclic) bond motifs is 1. The third-order valence-electron chi connectivity index (χ3n) is 4.06. The van der Waals surface area contributed by atoms with Gasteiger partial charge in [-0.15, -0.1) is 11.3 Å². The molecule has 5 nitrogen and oxygen atoms in total. The van der Waals surface area contributed by atoms with E-state index >= 15 is 0 Å². The largest absolute Gasteiger partial charge is 0.340 e. The molecule has 112 valence electrons. The summed E-state index contributed by atoms with van der Waals surface area (Å²) < 4.78 is 1.62. The van der Waals surface area contributed by atoms with Crippen LogP contribution in [0.3, 0.4) is 0 Å². The van der Waals surface area contributed by atoms with E-state index in [0.717, 1.165) is 24.4 Å². The van der Waals surface area contributed by atoms with Gasteiger partial charge in [-0.05, 0) is 32.3 Å². The Bertz CT molecular complexity index is 660. The molecular formula is C15H20N4OS. The van der Waals surface area contributed by atoms with Gasteiger partial charge in [-0.2, -0.15) is 5.10 Å². The molecule has 1 aliphatic rings. The topological polar surface area (TPSA) is 51.0 Å². The van der Waals surface area contributed by atoms with Crippen molar-refractivity contribution in [2.45, 2.75) is 32.1 Å². The van der Waals surface area contributed by atoms with E-state index < -0.39 is 0 Å². The van der Waals surface area contributed by atoms with Gasteiger partial charge in [0.1, 0.15) is 5.69 Å². The zero-order chi connectivity index (χ0) is 15.0. The van der Waals surface area contributed by atoms with Crippen LogP contribution in [0.15, 0.2) is 12.3 Å². The third kappa shape index (κ3) is 2.72. The van der Waals surface area contributed by atoms with Gasteiger partial charge in [0.15, 0.2) is 0 Å². The zero-order valence-corrected chi connectivity index (χ0v) is 13.5. The van der Waals surface area contributed by atoms with E-state index in [9.17, 15) is 4.79 Å². The van der Waals surface area contributed by atoms with Gasteiger partial charge >= 0.3 is 0 Å². The molecule has 0 radical (unpaired) electrons. The summed E-state index contributed by atoms with van der Waals surface area (Å²) in [5, 5.41) is 5.20. The van der Waals surface area contributed by atoms with Gasteiger partial charge in [-0.1, -0.05) is 0 Å². The van der Waals surface area contributed by atoms with Gasteiger partial charge in [0.2, 0.25) is 0 Å². The van der Waals surface area contributed by atoms with Crippen LogP contribution in [0.2, 0.25) is 0 Å². The molecule has 2 aromatic rings. The first kappa shape index (κ1) is 14.3. The average molecular weight is 304 g/mol. The van der Waals surface area contributed by atoms with E-state index in [1.54, 1.807) is 40.2 Å². The molecule has 0 aromatic carbocycles. The van der Waals surface area contributed by atoms with Crippen LogP contribution in [-0.2, 0) is 13.5 Å². The molecule has 0 fully saturated rings. The van der Waals surface area contributed by atoms with Gasteiger partial charge in [0.05, 0.1) is 10.7 Å². The van der Waals surface area contributed by atoms with Gasteiger partial charge in [-0.25, -0.2) is 4.98 Å². The Hall–Kier alpha value is -1.69. The summed E-state index contributed by atoms with van der Waals surface area (Å²) in [4.78, 5) is 20.4. The molecule has 1 unspecified atom stereocenters. The second kappa shape index (κ2) is 5.60. The van der Waals surface area contributed by atoms with Crippen LogP contribution in [0.25, 0.3) is 0 Å². The van der Waals surface area contributed by atoms with Gasteiger partial charge in [0, 0.05) is 37.6 Å². The lowest BCUT2D eigenvalue weighted by Gasteiger charge is -2.26. The fourth-order valence-corrected chi connectivity index (χ4v) is 4.06. The highest BCUT2D eigenvalue weighted by molar-refractivity contribution is 7.11. The van der Waals surface area contributed by atoms with Crippen molar-refractivity contribution in [2.75, 3.05) is 13.6 Å². The number of hydrogen-bond donors (Lipinski definition) is 0. The Morgan fingerprint density at radius 1 is 1.57 bits per heavy atom. The molecule has 0 N–H and O–H groups in total. The number of rotatable bonds is 3. The molecule has 2 heterocycles. The maximum Gasteiger partial charge on any atom is 0.271 e. The molecule has 1 aliphatic carbocycles. The van der Waals surface area contributed by atoms with E-state index in [1.807, 2.05) is 7.05 Å². The molecule has 3 rings (SSSR count). The van der Waals surface area contributed by atoms with Gasteiger partial charge in [0.25, 0.3) is 5.91 Å². The first-order valence-electron chi connectivity index (χ1n) is 7.26. The summed E-state index contributed by atoms with van der Waals surface area (Å²) in [6.45, 7) is 2.78. The molecule has 0 spiro atoms. The molecule has 21 heavy (non-hydrogen) atoms. The first-order valence-corrected chi connectivity index (χ1v) is 8.07. The standard InChI is InChI=1S/C15H20N4OS/c1-10-17-14-11(5-4-6-13(14)21-10)9-18(2)15(20)12-7-8-16-19(12)3/h7-8,11H,4-6,9H2,1-3H3. The maximum absolute atomic E-state index is 12.5. The van der Waals surface area contributed by atoms with Crippen molar-refractivity contribution in [2.24, 2.45) is 7.05 Å². The minimum absolute atomic E-state index is 0.0223. The molecule has 0 saturated heterocycles. The van der Waals surface area contributed by atoms with Crippen molar-refractivity contribution in [1.29, 1.82) is 0 Å². The van der Waals surface area contributed by atoms with Gasteiger partial charge < -0.3 is 4.90 Å². The maximum atomic E-state index is 12.5. The van der Waals surface area contributed by atoms with E-state index in [2.05, 4.69) is 17.0 Å². The first-order chi connectivity index (χ1) is 10.1. The van der Waals surface area contributed by atoms with Gasteiger partial charge in [-0.3, -0.25) is 9.48 Å². The highest BCUT2D eigenvalue weighted by Crippen LogP contribution is 2.35. The number of thiazole rings is 1. The predicted octanol–water partition coefficient (Wildman–Crippen LogP) is 2.38. The highest BCUT2D eigenvalue weighted by atomic mass is 32.1. The smallest absolute Gasteiger partial charge is 0.271 e. The Morgan fingerprint density at radius 2 is 2.38 bits per heavy atom. The second-order valence-corrected chi connectivity index (χ2v) is 6.94. The molecular weight excluding hydrogens is 284 g/mol. The summed E-state index contributed by atoms with van der Waals surface area (Å²) in [5.41, 5.74) is 1.84. The number of hydrogen-bond acceptors (Lipinski definition) is 4. The van der Waals surface area contributed by atoms with Crippen molar-refractivity contribution < 1.29 is 4.79 Å². The molecule has 0 bridgehead atoms. The Labute approximate surface area is 128 Å². The summed E-state index contributed by atoms with van der Waals surface area (Å²) in [7, 11) is 3.66. The normalized spacial score (nSPS) is 17.6. The van der Waals surface area contributed by atoms with E-state index in [1.165, 1.54) is 17.0 Å². The minimum Gasteiger partial charge on any atom is -0.340 e. The molecule has 1 amide bonds. The summed E-state index contributed by atoms with van der Waals surface area (Å²) in [6, 6.07) is 1.76. The monoisotopic (exact) mass is 304 g/mol. The lowest BCUT2D eigenvalue weighted by atomic mass is 9.90. The van der Waals surface area contributed by atoms with Crippen molar-refractivity contribution in [3.8, 4) is 0 Å². The molecule has 6 heteroatoms.